The zero-order chi connectivity index (χ0) is 59.7. The minimum Gasteiger partial charge on any atom is -0.394 e. The highest BCUT2D eigenvalue weighted by Crippen LogP contribution is 2.75. The molecule has 15 N–H and O–H groups in total. The lowest BCUT2D eigenvalue weighted by atomic mass is 9.39. The van der Waals surface area contributed by atoms with Crippen LogP contribution in [0.4, 0.5) is 0 Å². The van der Waals surface area contributed by atoms with Crippen molar-refractivity contribution in [1.29, 1.82) is 0 Å². The Bertz CT molecular complexity index is 2200. The monoisotopic (exact) mass is 1200 g/mol. The average Bonchev–Trinajstić information content (AvgIpc) is 1.65. The van der Waals surface area contributed by atoms with Crippen LogP contribution >= 0.6 is 0 Å². The lowest BCUT2D eigenvalue weighted by molar-refractivity contribution is -0.408. The van der Waals surface area contributed by atoms with Crippen LogP contribution in [0.2, 0.25) is 0 Å². The Balaban J connectivity index is 0.675. The SMILES string of the molecule is CC1C2C(C[C@@H]3[C@]2(C)CCC2[C@@]4(C)CC[C@H](O[C@@H]5O[C@H](C)[C@@H](O[C@@H]6O[C@H](CO)[C@@H](O[C@@H]7O[C@H](O)[C@H](O)[C@@H](OC8O[C@H](CO)[C@@H](OC9O[C@H](O)[C@@H](O)[C@H](O)[C@H]9O)[C@H](O)[C@H]8O)[C@H]7O)[C@H](O)[C@H]6O)[C@@H](O)[C@H]5O)C[C@@H]4CC[C@]23C)O[C@]12CC[C@@H](C)CO2. The van der Waals surface area contributed by atoms with E-state index in [1.54, 1.807) is 6.92 Å². The average molecular weight is 1200 g/mol. The minimum absolute atomic E-state index is 0.0902. The van der Waals surface area contributed by atoms with E-state index in [1.807, 2.05) is 0 Å². The van der Waals surface area contributed by atoms with Crippen molar-refractivity contribution in [1.82, 2.24) is 0 Å². The Labute approximate surface area is 481 Å². The quantitative estimate of drug-likeness (QED) is 0.0835. The van der Waals surface area contributed by atoms with E-state index in [0.29, 0.717) is 35.5 Å². The first-order valence-corrected chi connectivity index (χ1v) is 30.1. The largest absolute Gasteiger partial charge is 0.394 e. The van der Waals surface area contributed by atoms with Crippen molar-refractivity contribution in [3.63, 3.8) is 0 Å². The standard InChI is InChI=1S/C56H92O27/c1-20-7-14-56(72-19-20)21(2)30-25(83-56)16-29-54(5)11-8-23-15-24(9-12-53(23,4)28(54)10-13-55(29,30)6)74-48-37(65)32(60)42(22(3)73-48)77-49-38(66)33(61)44(27(18-58)75-49)79-52-41(69)45(40(68)47(71)82-52)80-50-39(67)34(62)43(26(17-57)76-50)78-51-36(64)31(59)35(63)46(70)81-51/h20-52,57-71H,7-19H2,1-6H3/t20-,21?,22-,23+,24+,25?,26-,27-,28?,29+,30?,31+,32+,33-,34-,35+,36-,37-,38-,39-,40-,41-,42-,43-,44-,45-,46+,47+,48+,49+,50?,51?,52-,53+,54-,55+,56-/m1/s1. The second-order valence-corrected chi connectivity index (χ2v) is 27.2. The molecule has 27 nitrogen and oxygen atoms in total. The minimum atomic E-state index is -2.22. The Morgan fingerprint density at radius 2 is 0.940 bits per heavy atom. The smallest absolute Gasteiger partial charge is 0.189 e. The summed E-state index contributed by atoms with van der Waals surface area (Å²) in [5, 5.41) is 162. The molecule has 0 aromatic carbocycles. The summed E-state index contributed by atoms with van der Waals surface area (Å²) in [6.07, 6.45) is -36.0. The number of hydrogen-bond acceptors (Lipinski definition) is 27. The van der Waals surface area contributed by atoms with Crippen LogP contribution in [0, 0.1) is 51.8 Å². The molecule has 1 spiro atoms. The van der Waals surface area contributed by atoms with Crippen LogP contribution in [0.3, 0.4) is 0 Å². The van der Waals surface area contributed by atoms with Crippen molar-refractivity contribution in [3.05, 3.63) is 0 Å². The van der Waals surface area contributed by atoms with Crippen LogP contribution < -0.4 is 0 Å². The van der Waals surface area contributed by atoms with Gasteiger partial charge in [-0.3, -0.25) is 0 Å². The Morgan fingerprint density at radius 3 is 1.53 bits per heavy atom. The highest BCUT2D eigenvalue weighted by Gasteiger charge is 2.72. The van der Waals surface area contributed by atoms with Crippen LogP contribution in [0.25, 0.3) is 0 Å². The van der Waals surface area contributed by atoms with E-state index < -0.39 is 173 Å². The molecule has 7 aliphatic heterocycles. The van der Waals surface area contributed by atoms with Crippen molar-refractivity contribution in [2.45, 2.75) is 278 Å². The second kappa shape index (κ2) is 23.9. The summed E-state index contributed by atoms with van der Waals surface area (Å²) in [6.45, 7) is 12.7. The molecule has 478 valence electrons. The van der Waals surface area contributed by atoms with Gasteiger partial charge in [-0.25, -0.2) is 0 Å². The van der Waals surface area contributed by atoms with E-state index in [1.165, 1.54) is 6.42 Å². The summed E-state index contributed by atoms with van der Waals surface area (Å²) in [5.74, 6) is 2.39. The van der Waals surface area contributed by atoms with Gasteiger partial charge in [0.15, 0.2) is 49.8 Å². The fourth-order valence-electron chi connectivity index (χ4n) is 17.8. The molecule has 11 aliphatic rings. The van der Waals surface area contributed by atoms with Gasteiger partial charge in [-0.05, 0) is 111 Å². The van der Waals surface area contributed by atoms with Gasteiger partial charge >= 0.3 is 0 Å². The Kier molecular flexibility index (Phi) is 18.3. The van der Waals surface area contributed by atoms with Crippen molar-refractivity contribution in [3.8, 4) is 0 Å². The maximum Gasteiger partial charge on any atom is 0.189 e. The van der Waals surface area contributed by atoms with Crippen molar-refractivity contribution >= 4 is 0 Å². The van der Waals surface area contributed by atoms with Crippen LogP contribution in [0.5, 0.6) is 0 Å². The first-order chi connectivity index (χ1) is 39.2. The van der Waals surface area contributed by atoms with E-state index in [9.17, 15) is 76.6 Å². The van der Waals surface area contributed by atoms with Gasteiger partial charge in [0.2, 0.25) is 0 Å². The topological polar surface area (TPSA) is 414 Å². The van der Waals surface area contributed by atoms with Gasteiger partial charge in [-0.1, -0.05) is 34.6 Å². The molecule has 11 rings (SSSR count). The number of aliphatic hydroxyl groups excluding tert-OH is 15. The molecule has 0 amide bonds. The van der Waals surface area contributed by atoms with Gasteiger partial charge in [0.05, 0.1) is 38.1 Å². The first kappa shape index (κ1) is 63.5. The molecule has 4 saturated carbocycles. The third-order valence-corrected chi connectivity index (χ3v) is 22.5. The molecular formula is C56H92O27. The zero-order valence-electron chi connectivity index (χ0n) is 47.9. The molecule has 6 unspecified atom stereocenters. The van der Waals surface area contributed by atoms with E-state index in [2.05, 4.69) is 34.6 Å². The summed E-state index contributed by atoms with van der Waals surface area (Å²) in [7, 11) is 0. The van der Waals surface area contributed by atoms with E-state index >= 15 is 0 Å². The number of fused-ring (bicyclic) bond motifs is 7. The normalized spacial score (nSPS) is 59.2. The zero-order valence-corrected chi connectivity index (χ0v) is 47.9. The third-order valence-electron chi connectivity index (χ3n) is 22.5. The number of ether oxygens (including phenoxy) is 12. The Morgan fingerprint density at radius 1 is 0.434 bits per heavy atom. The summed E-state index contributed by atoms with van der Waals surface area (Å²) < 4.78 is 70.9. The van der Waals surface area contributed by atoms with E-state index in [0.717, 1.165) is 64.4 Å². The van der Waals surface area contributed by atoms with Gasteiger partial charge in [-0.15, -0.1) is 0 Å². The summed E-state index contributed by atoms with van der Waals surface area (Å²) >= 11 is 0. The van der Waals surface area contributed by atoms with E-state index in [-0.39, 0.29) is 28.5 Å². The van der Waals surface area contributed by atoms with Crippen molar-refractivity contribution < 1.29 is 133 Å². The summed E-state index contributed by atoms with van der Waals surface area (Å²) in [5.41, 5.74) is 0.431. The van der Waals surface area contributed by atoms with Gasteiger partial charge in [-0.2, -0.15) is 0 Å². The van der Waals surface area contributed by atoms with Crippen LogP contribution in [-0.2, 0) is 56.8 Å². The lowest BCUT2D eigenvalue weighted by Gasteiger charge is -2.66. The summed E-state index contributed by atoms with van der Waals surface area (Å²) in [4.78, 5) is 0. The molecule has 27 heteroatoms. The number of aliphatic hydroxyl groups is 15. The van der Waals surface area contributed by atoms with Gasteiger partial charge in [0.1, 0.15) is 104 Å². The summed E-state index contributed by atoms with van der Waals surface area (Å²) in [6, 6.07) is 0. The Hall–Kier alpha value is -1.08. The molecule has 11 fully saturated rings. The molecule has 7 heterocycles. The van der Waals surface area contributed by atoms with Gasteiger partial charge in [0, 0.05) is 12.3 Å². The highest BCUT2D eigenvalue weighted by atomic mass is 16.8. The fraction of sp³-hybridized carbons (Fsp3) is 1.00. The highest BCUT2D eigenvalue weighted by molar-refractivity contribution is 5.19. The van der Waals surface area contributed by atoms with Gasteiger partial charge < -0.3 is 133 Å². The van der Waals surface area contributed by atoms with Crippen LogP contribution in [0.1, 0.15) is 106 Å². The molecular weight excluding hydrogens is 1100 g/mol. The number of rotatable bonds is 12. The predicted molar refractivity (Wildman–Crippen MR) is 274 cm³/mol. The molecule has 0 bridgehead atoms. The molecule has 0 aromatic rings. The lowest BCUT2D eigenvalue weighted by Crippen LogP contribution is -2.67. The number of hydrogen-bond donors (Lipinski definition) is 15. The maximum atomic E-state index is 11.6. The molecule has 0 aromatic heterocycles. The maximum absolute atomic E-state index is 11.6. The molecule has 37 atom stereocenters. The van der Waals surface area contributed by atoms with Crippen LogP contribution in [-0.4, -0.2) is 268 Å². The molecule has 7 saturated heterocycles. The van der Waals surface area contributed by atoms with E-state index in [4.69, 9.17) is 56.8 Å². The van der Waals surface area contributed by atoms with Crippen molar-refractivity contribution in [2.24, 2.45) is 51.8 Å². The predicted octanol–water partition coefficient (Wildman–Crippen LogP) is -3.75. The first-order valence-electron chi connectivity index (χ1n) is 30.1. The molecule has 83 heavy (non-hydrogen) atoms. The van der Waals surface area contributed by atoms with Crippen molar-refractivity contribution in [2.75, 3.05) is 19.8 Å². The molecule has 4 aliphatic carbocycles. The molecule has 0 radical (unpaired) electrons. The van der Waals surface area contributed by atoms with Crippen LogP contribution in [0.15, 0.2) is 0 Å². The third kappa shape index (κ3) is 10.8. The van der Waals surface area contributed by atoms with Gasteiger partial charge in [0.25, 0.3) is 0 Å². The fourth-order valence-corrected chi connectivity index (χ4v) is 17.8. The second-order valence-electron chi connectivity index (χ2n) is 27.2.